The number of hydrogen-bond acceptors (Lipinski definition) is 0. The molecule has 0 aliphatic carbocycles. The summed E-state index contributed by atoms with van der Waals surface area (Å²) in [5.74, 6) is 2.31. The Morgan fingerprint density at radius 1 is 0.625 bits per heavy atom. The molecule has 3 aromatic carbocycles. The molecule has 5 rings (SSSR count). The Morgan fingerprint density at radius 2 is 1.12 bits per heavy atom. The second kappa shape index (κ2) is 27.3. The minimum atomic E-state index is -0.0348. The van der Waals surface area contributed by atoms with Gasteiger partial charge in [0.05, 0.1) is 5.52 Å². The van der Waals surface area contributed by atoms with Crippen molar-refractivity contribution >= 4 is 21.8 Å². The second-order valence-corrected chi connectivity index (χ2v) is 11.2. The van der Waals surface area contributed by atoms with E-state index in [0.29, 0.717) is 23.7 Å². The third-order valence-corrected chi connectivity index (χ3v) is 9.56. The molecule has 1 aromatic heterocycles. The zero-order valence-corrected chi connectivity index (χ0v) is 32.2. The van der Waals surface area contributed by atoms with Crippen LogP contribution in [0.2, 0.25) is 0 Å². The predicted molar refractivity (Wildman–Crippen MR) is 231 cm³/mol. The van der Waals surface area contributed by atoms with E-state index in [1.807, 2.05) is 69.2 Å². The van der Waals surface area contributed by atoms with Crippen molar-refractivity contribution < 1.29 is 0 Å². The average Bonchev–Trinajstić information content (AvgIpc) is 3.34. The van der Waals surface area contributed by atoms with Gasteiger partial charge in [-0.05, 0) is 58.4 Å². The lowest BCUT2D eigenvalue weighted by Crippen LogP contribution is -2.45. The maximum absolute atomic E-state index is 2.64. The summed E-state index contributed by atoms with van der Waals surface area (Å²) in [6, 6.07) is 23.3. The highest BCUT2D eigenvalue weighted by atomic mass is 15.0. The topological polar surface area (TPSA) is 4.93 Å². The van der Waals surface area contributed by atoms with E-state index in [-0.39, 0.29) is 35.1 Å². The normalized spacial score (nSPS) is 15.0. The number of fused-ring (bicyclic) bond motifs is 4. The largest absolute Gasteiger partial charge is 0.336 e. The summed E-state index contributed by atoms with van der Waals surface area (Å²) in [7, 11) is 0. The van der Waals surface area contributed by atoms with E-state index in [2.05, 4.69) is 114 Å². The lowest BCUT2D eigenvalue weighted by Gasteiger charge is -2.49. The first kappa shape index (κ1) is 54.9. The molecular weight excluding hydrogens is 579 g/mol. The lowest BCUT2D eigenvalue weighted by atomic mass is 9.54. The Morgan fingerprint density at radius 3 is 1.62 bits per heavy atom. The number of aromatic nitrogens is 1. The Kier molecular flexibility index (Phi) is 31.2. The number of rotatable bonds is 6. The first-order valence-electron chi connectivity index (χ1n) is 18.5. The van der Waals surface area contributed by atoms with Crippen LogP contribution in [-0.2, 0) is 18.4 Å². The van der Waals surface area contributed by atoms with E-state index in [0.717, 1.165) is 13.0 Å². The molecule has 2 heterocycles. The number of benzene rings is 3. The van der Waals surface area contributed by atoms with Crippen molar-refractivity contribution in [3.8, 4) is 0 Å². The van der Waals surface area contributed by atoms with Crippen molar-refractivity contribution in [2.45, 2.75) is 172 Å². The first-order valence-corrected chi connectivity index (χ1v) is 18.5. The maximum Gasteiger partial charge on any atom is 0.0539 e. The Hall–Kier alpha value is -2.54. The van der Waals surface area contributed by atoms with Gasteiger partial charge in [-0.2, -0.15) is 0 Å². The number of para-hydroxylation sites is 1. The fourth-order valence-corrected chi connectivity index (χ4v) is 7.35. The van der Waals surface area contributed by atoms with E-state index in [4.69, 9.17) is 0 Å². The summed E-state index contributed by atoms with van der Waals surface area (Å²) in [5.41, 5.74) is 8.98. The van der Waals surface area contributed by atoms with Gasteiger partial charge in [0, 0.05) is 28.2 Å². The van der Waals surface area contributed by atoms with Crippen LogP contribution in [0.4, 0.5) is 0 Å². The monoisotopic (exact) mass is 666 g/mol. The highest BCUT2D eigenvalue weighted by Crippen LogP contribution is 2.55. The van der Waals surface area contributed by atoms with E-state index in [1.165, 1.54) is 39.4 Å². The number of nitrogens with zero attached hydrogens (tertiary/aromatic N) is 1. The zero-order valence-electron chi connectivity index (χ0n) is 32.2. The fourth-order valence-electron chi connectivity index (χ4n) is 7.35. The van der Waals surface area contributed by atoms with E-state index in [1.54, 1.807) is 11.1 Å². The van der Waals surface area contributed by atoms with E-state index < -0.39 is 0 Å². The van der Waals surface area contributed by atoms with Crippen LogP contribution in [0.3, 0.4) is 0 Å². The Bertz CT molecular complexity index is 1340. The smallest absolute Gasteiger partial charge is 0.0539 e. The minimum Gasteiger partial charge on any atom is -0.336 e. The third-order valence-electron chi connectivity index (χ3n) is 9.56. The molecule has 0 bridgehead atoms. The van der Waals surface area contributed by atoms with Gasteiger partial charge in [0.2, 0.25) is 0 Å². The minimum absolute atomic E-state index is 0. The molecule has 0 saturated carbocycles. The molecule has 280 valence electrons. The molecule has 0 fully saturated rings. The summed E-state index contributed by atoms with van der Waals surface area (Å²) in [4.78, 5) is 0. The van der Waals surface area contributed by atoms with Gasteiger partial charge in [-0.25, -0.2) is 0 Å². The fraction of sp³-hybridized carbons (Fsp3) is 0.617. The van der Waals surface area contributed by atoms with Gasteiger partial charge in [-0.1, -0.05) is 208 Å². The van der Waals surface area contributed by atoms with Gasteiger partial charge in [0.1, 0.15) is 0 Å². The van der Waals surface area contributed by atoms with Crippen molar-refractivity contribution in [1.29, 1.82) is 0 Å². The molecule has 1 aliphatic heterocycles. The van der Waals surface area contributed by atoms with Crippen LogP contribution in [0, 0.1) is 23.7 Å². The quantitative estimate of drug-likeness (QED) is 0.193. The molecule has 1 nitrogen and oxygen atoms in total. The Labute approximate surface area is 304 Å². The van der Waals surface area contributed by atoms with Crippen molar-refractivity contribution in [3.05, 3.63) is 82.9 Å². The first-order chi connectivity index (χ1) is 21.4. The van der Waals surface area contributed by atoms with Crippen LogP contribution in [0.5, 0.6) is 0 Å². The molecular formula is C47H87N. The van der Waals surface area contributed by atoms with Crippen LogP contribution in [0.15, 0.2) is 60.7 Å². The predicted octanol–water partition coefficient (Wildman–Crippen LogP) is 16.7. The van der Waals surface area contributed by atoms with Gasteiger partial charge in [0.15, 0.2) is 0 Å². The molecule has 0 spiro atoms. The van der Waals surface area contributed by atoms with Crippen LogP contribution in [0.1, 0.15) is 176 Å². The summed E-state index contributed by atoms with van der Waals surface area (Å²) >= 11 is 0. The standard InChI is InChI=1S/C33H41N.5C2H6.4CH4/c1-8-22(5)23(6)24(7)33(21(3)4)29-16-12-10-14-26(29)20-34-30-17-13-11-15-27(30)28-19-18-25(9-2)31(33)32(28)34;5*1-2;;;;/h10-19,21-24H,8-9,20H2,1-7H3;5*1-2H3;4*1H4/t22-,23-,24-,33?;;;;;;;;;/m0........./s1. The molecule has 4 atom stereocenters. The van der Waals surface area contributed by atoms with Crippen LogP contribution in [0.25, 0.3) is 21.8 Å². The summed E-state index contributed by atoms with van der Waals surface area (Å²) < 4.78 is 2.64. The molecule has 4 aromatic rings. The van der Waals surface area contributed by atoms with Crippen LogP contribution < -0.4 is 0 Å². The molecule has 0 saturated heterocycles. The van der Waals surface area contributed by atoms with Crippen LogP contribution in [-0.4, -0.2) is 4.57 Å². The molecule has 1 aliphatic rings. The van der Waals surface area contributed by atoms with Crippen LogP contribution >= 0.6 is 0 Å². The van der Waals surface area contributed by atoms with Gasteiger partial charge in [-0.3, -0.25) is 0 Å². The second-order valence-electron chi connectivity index (χ2n) is 11.2. The molecule has 0 amide bonds. The highest BCUT2D eigenvalue weighted by Gasteiger charge is 2.49. The van der Waals surface area contributed by atoms with E-state index in [9.17, 15) is 0 Å². The van der Waals surface area contributed by atoms with Crippen molar-refractivity contribution in [1.82, 2.24) is 4.57 Å². The maximum atomic E-state index is 2.64. The summed E-state index contributed by atoms with van der Waals surface area (Å²) in [6.45, 7) is 38.1. The number of hydrogen-bond donors (Lipinski definition) is 0. The zero-order chi connectivity index (χ0) is 34.2. The van der Waals surface area contributed by atoms with Crippen molar-refractivity contribution in [2.24, 2.45) is 23.7 Å². The average molecular weight is 666 g/mol. The molecule has 1 heteroatoms. The van der Waals surface area contributed by atoms with Gasteiger partial charge in [0.25, 0.3) is 0 Å². The van der Waals surface area contributed by atoms with Gasteiger partial charge < -0.3 is 4.57 Å². The van der Waals surface area contributed by atoms with Gasteiger partial charge >= 0.3 is 0 Å². The SMILES string of the molecule is C.C.C.C.CC.CC.CC.CC.CC.CCc1ccc2c3ccccc3n3c2c1C(C(C)C)([C@@H](C)[C@@H](C)[C@@H](C)CC)c1ccccc1C3. The van der Waals surface area contributed by atoms with E-state index >= 15 is 0 Å². The molecule has 0 N–H and O–H groups in total. The molecule has 1 unspecified atom stereocenters. The third kappa shape index (κ3) is 10.0. The summed E-state index contributed by atoms with van der Waals surface area (Å²) in [6.07, 6.45) is 2.29. The lowest BCUT2D eigenvalue weighted by molar-refractivity contribution is 0.151. The Balaban J connectivity index is -0.000000405. The molecule has 0 radical (unpaired) electrons. The van der Waals surface area contributed by atoms with Crippen molar-refractivity contribution in [2.75, 3.05) is 0 Å². The van der Waals surface area contributed by atoms with Crippen molar-refractivity contribution in [3.63, 3.8) is 0 Å². The molecule has 48 heavy (non-hydrogen) atoms. The highest BCUT2D eigenvalue weighted by molar-refractivity contribution is 6.10. The van der Waals surface area contributed by atoms with Gasteiger partial charge in [-0.15, -0.1) is 0 Å². The summed E-state index contributed by atoms with van der Waals surface area (Å²) in [5, 5.41) is 2.81. The number of aryl methyl sites for hydroxylation is 1.